The first-order valence-electron chi connectivity index (χ1n) is 6.95. The predicted octanol–water partition coefficient (Wildman–Crippen LogP) is 4.47. The van der Waals surface area contributed by atoms with Crippen molar-refractivity contribution in [3.63, 3.8) is 0 Å². The topological polar surface area (TPSA) is 32.7 Å². The third-order valence-electron chi connectivity index (χ3n) is 3.22. The summed E-state index contributed by atoms with van der Waals surface area (Å²) >= 11 is 9.17. The summed E-state index contributed by atoms with van der Waals surface area (Å²) < 4.78 is 0. The van der Waals surface area contributed by atoms with E-state index in [9.17, 15) is 4.79 Å². The highest BCUT2D eigenvalue weighted by Gasteiger charge is 2.26. The van der Waals surface area contributed by atoms with Crippen molar-refractivity contribution in [3.05, 3.63) is 51.7 Å². The van der Waals surface area contributed by atoms with E-state index in [1.165, 1.54) is 0 Å². The third-order valence-corrected chi connectivity index (χ3v) is 5.54. The molecule has 0 N–H and O–H groups in total. The highest BCUT2D eigenvalue weighted by molar-refractivity contribution is 8.14. The molecule has 1 aromatic heterocycles. The summed E-state index contributed by atoms with van der Waals surface area (Å²) in [5, 5.41) is 3.42. The van der Waals surface area contributed by atoms with E-state index in [0.29, 0.717) is 11.4 Å². The molecule has 0 saturated heterocycles. The zero-order valence-corrected chi connectivity index (χ0v) is 14.4. The molecule has 2 aromatic rings. The number of anilines is 1. The molecule has 114 valence electrons. The maximum Gasteiger partial charge on any atom is 0.238 e. The number of amides is 1. The van der Waals surface area contributed by atoms with Crippen LogP contribution in [0.2, 0.25) is 5.02 Å². The summed E-state index contributed by atoms with van der Waals surface area (Å²) in [6.07, 6.45) is 0.383. The van der Waals surface area contributed by atoms with Crippen LogP contribution in [0, 0.1) is 0 Å². The number of halogens is 1. The van der Waals surface area contributed by atoms with Gasteiger partial charge in [0.15, 0.2) is 5.17 Å². The lowest BCUT2D eigenvalue weighted by Gasteiger charge is -2.22. The van der Waals surface area contributed by atoms with Crippen molar-refractivity contribution in [2.24, 2.45) is 4.99 Å². The average Bonchev–Trinajstić information content (AvgIpc) is 3.13. The molecule has 3 nitrogen and oxygen atoms in total. The van der Waals surface area contributed by atoms with E-state index in [1.807, 2.05) is 29.6 Å². The Balaban J connectivity index is 1.90. The second kappa shape index (κ2) is 6.86. The van der Waals surface area contributed by atoms with Crippen LogP contribution in [0.25, 0.3) is 0 Å². The summed E-state index contributed by atoms with van der Waals surface area (Å²) in [4.78, 5) is 20.2. The number of nitrogens with zero attached hydrogens (tertiary/aromatic N) is 2. The number of carbonyl (C=O) groups excluding carboxylic acids is 1. The van der Waals surface area contributed by atoms with Crippen molar-refractivity contribution in [2.75, 3.05) is 10.7 Å². The summed E-state index contributed by atoms with van der Waals surface area (Å²) in [5.41, 5.74) is 0.811. The van der Waals surface area contributed by atoms with E-state index >= 15 is 0 Å². The van der Waals surface area contributed by atoms with Crippen LogP contribution < -0.4 is 4.90 Å². The maximum absolute atomic E-state index is 12.8. The fourth-order valence-corrected chi connectivity index (χ4v) is 4.05. The van der Waals surface area contributed by atoms with Crippen LogP contribution in [0.3, 0.4) is 0 Å². The van der Waals surface area contributed by atoms with Crippen LogP contribution in [0.5, 0.6) is 0 Å². The quantitative estimate of drug-likeness (QED) is 0.818. The fourth-order valence-electron chi connectivity index (χ4n) is 2.17. The van der Waals surface area contributed by atoms with E-state index in [0.717, 1.165) is 21.5 Å². The second-order valence-corrected chi connectivity index (χ2v) is 7.49. The largest absolute Gasteiger partial charge is 0.274 e. The van der Waals surface area contributed by atoms with Crippen molar-refractivity contribution >= 4 is 51.5 Å². The van der Waals surface area contributed by atoms with Crippen molar-refractivity contribution in [1.82, 2.24) is 0 Å². The van der Waals surface area contributed by atoms with Gasteiger partial charge in [-0.05, 0) is 42.6 Å². The number of carbonyl (C=O) groups is 1. The maximum atomic E-state index is 12.8. The van der Waals surface area contributed by atoms with Crippen LogP contribution in [0.15, 0.2) is 46.8 Å². The number of hydrogen-bond donors (Lipinski definition) is 0. The summed E-state index contributed by atoms with van der Waals surface area (Å²) in [5.74, 6) is 0.941. The number of thioether (sulfide) groups is 1. The molecular formula is C16H15ClN2OS2. The minimum Gasteiger partial charge on any atom is -0.274 e. The highest BCUT2D eigenvalue weighted by atomic mass is 35.5. The van der Waals surface area contributed by atoms with E-state index in [-0.39, 0.29) is 11.9 Å². The molecule has 1 aliphatic heterocycles. The Hall–Kier alpha value is -1.30. The van der Waals surface area contributed by atoms with E-state index in [4.69, 9.17) is 11.6 Å². The molecule has 0 aliphatic carbocycles. The molecule has 1 aliphatic rings. The normalized spacial score (nSPS) is 17.4. The van der Waals surface area contributed by atoms with Gasteiger partial charge in [0, 0.05) is 15.7 Å². The van der Waals surface area contributed by atoms with E-state index < -0.39 is 0 Å². The first kappa shape index (κ1) is 15.6. The summed E-state index contributed by atoms with van der Waals surface area (Å²) in [7, 11) is 0. The zero-order chi connectivity index (χ0) is 15.5. The van der Waals surface area contributed by atoms with Crippen LogP contribution in [-0.4, -0.2) is 22.9 Å². The predicted molar refractivity (Wildman–Crippen MR) is 96.3 cm³/mol. The van der Waals surface area contributed by atoms with Crippen LogP contribution in [0.1, 0.15) is 11.8 Å². The molecule has 1 unspecified atom stereocenters. The van der Waals surface area contributed by atoms with E-state index in [1.54, 1.807) is 40.1 Å². The second-order valence-electron chi connectivity index (χ2n) is 5.03. The van der Waals surface area contributed by atoms with Gasteiger partial charge in [-0.25, -0.2) is 0 Å². The fraction of sp³-hybridized carbons (Fsp3) is 0.250. The molecule has 1 atom stereocenters. The lowest BCUT2D eigenvalue weighted by molar-refractivity contribution is -0.117. The molecular weight excluding hydrogens is 336 g/mol. The smallest absolute Gasteiger partial charge is 0.238 e. The van der Waals surface area contributed by atoms with Gasteiger partial charge in [-0.15, -0.1) is 11.3 Å². The van der Waals surface area contributed by atoms with Crippen LogP contribution in [0.4, 0.5) is 5.69 Å². The molecule has 1 amide bonds. The molecule has 22 heavy (non-hydrogen) atoms. The molecule has 1 aromatic carbocycles. The highest BCUT2D eigenvalue weighted by Crippen LogP contribution is 2.27. The van der Waals surface area contributed by atoms with Gasteiger partial charge in [-0.3, -0.25) is 14.7 Å². The Morgan fingerprint density at radius 2 is 2.14 bits per heavy atom. The number of aliphatic imine (C=N–C) groups is 1. The molecule has 0 spiro atoms. The Bertz CT molecular complexity index is 683. The average molecular weight is 351 g/mol. The van der Waals surface area contributed by atoms with Gasteiger partial charge in [-0.2, -0.15) is 0 Å². The number of rotatable bonds is 3. The SMILES string of the molecule is CC1CSC(N(C(=O)Cc2cccs2)c2ccc(Cl)cc2)=N1. The Kier molecular flexibility index (Phi) is 4.86. The van der Waals surface area contributed by atoms with Gasteiger partial charge in [0.05, 0.1) is 18.2 Å². The molecule has 0 saturated carbocycles. The van der Waals surface area contributed by atoms with Gasteiger partial charge < -0.3 is 0 Å². The first-order valence-corrected chi connectivity index (χ1v) is 9.19. The lowest BCUT2D eigenvalue weighted by Crippen LogP contribution is -2.35. The first-order chi connectivity index (χ1) is 10.6. The Labute approximate surface area is 143 Å². The van der Waals surface area contributed by atoms with Crippen LogP contribution >= 0.6 is 34.7 Å². The Morgan fingerprint density at radius 1 is 1.36 bits per heavy atom. The van der Waals surface area contributed by atoms with Gasteiger partial charge in [0.1, 0.15) is 0 Å². The number of thiophene rings is 1. The minimum absolute atomic E-state index is 0.0325. The van der Waals surface area contributed by atoms with Crippen molar-refractivity contribution in [3.8, 4) is 0 Å². The molecule has 0 fully saturated rings. The molecule has 0 bridgehead atoms. The van der Waals surface area contributed by atoms with E-state index in [2.05, 4.69) is 11.9 Å². The minimum atomic E-state index is 0.0325. The monoisotopic (exact) mass is 350 g/mol. The van der Waals surface area contributed by atoms with Crippen LogP contribution in [-0.2, 0) is 11.2 Å². The molecule has 0 radical (unpaired) electrons. The van der Waals surface area contributed by atoms with Gasteiger partial charge in [-0.1, -0.05) is 29.4 Å². The number of amidine groups is 1. The summed E-state index contributed by atoms with van der Waals surface area (Å²) in [6.45, 7) is 2.06. The summed E-state index contributed by atoms with van der Waals surface area (Å²) in [6, 6.07) is 11.5. The van der Waals surface area contributed by atoms with Crippen molar-refractivity contribution < 1.29 is 4.79 Å². The standard InChI is InChI=1S/C16H15ClN2OS2/c1-11-10-22-16(18-11)19(13-6-4-12(17)5-7-13)15(20)9-14-3-2-8-21-14/h2-8,11H,9-10H2,1H3. The van der Waals surface area contributed by atoms with Crippen molar-refractivity contribution in [2.45, 2.75) is 19.4 Å². The number of benzene rings is 1. The third kappa shape index (κ3) is 3.54. The zero-order valence-electron chi connectivity index (χ0n) is 12.0. The Morgan fingerprint density at radius 3 is 2.73 bits per heavy atom. The number of hydrogen-bond acceptors (Lipinski definition) is 4. The van der Waals surface area contributed by atoms with Crippen molar-refractivity contribution in [1.29, 1.82) is 0 Å². The molecule has 3 rings (SSSR count). The van der Waals surface area contributed by atoms with Gasteiger partial charge >= 0.3 is 0 Å². The van der Waals surface area contributed by atoms with Gasteiger partial charge in [0.2, 0.25) is 5.91 Å². The lowest BCUT2D eigenvalue weighted by atomic mass is 10.2. The molecule has 2 heterocycles. The van der Waals surface area contributed by atoms with Gasteiger partial charge in [0.25, 0.3) is 0 Å². The molecule has 6 heteroatoms.